The molecule has 8 heteroatoms. The van der Waals surface area contributed by atoms with Crippen molar-refractivity contribution in [3.05, 3.63) is 53.0 Å². The molecule has 1 aliphatic carbocycles. The number of anilines is 1. The lowest BCUT2D eigenvalue weighted by Crippen LogP contribution is -2.43. The number of primary amides is 1. The summed E-state index contributed by atoms with van der Waals surface area (Å²) in [6.45, 7) is 3.87. The van der Waals surface area contributed by atoms with Crippen molar-refractivity contribution in [3.8, 4) is 0 Å². The van der Waals surface area contributed by atoms with E-state index in [1.165, 1.54) is 5.56 Å². The van der Waals surface area contributed by atoms with Crippen molar-refractivity contribution in [3.63, 3.8) is 0 Å². The van der Waals surface area contributed by atoms with Gasteiger partial charge >= 0.3 is 0 Å². The SMILES string of the molecule is CN(C)[C@H]1CN(C2CCc3cccc(F)c32)C[C@@H]1C1CCN(c2ccc(C(N)=O)nn2)CC1. The molecule has 0 radical (unpaired) electrons. The molecule has 176 valence electrons. The number of hydrogen-bond acceptors (Lipinski definition) is 6. The van der Waals surface area contributed by atoms with Gasteiger partial charge in [-0.1, -0.05) is 12.1 Å². The second-order valence-electron chi connectivity index (χ2n) is 9.98. The number of rotatable bonds is 5. The maximum absolute atomic E-state index is 14.7. The normalized spacial score (nSPS) is 26.2. The Morgan fingerprint density at radius 2 is 1.88 bits per heavy atom. The van der Waals surface area contributed by atoms with Gasteiger partial charge in [0.25, 0.3) is 5.91 Å². The first-order chi connectivity index (χ1) is 15.9. The number of aromatic nitrogens is 2. The van der Waals surface area contributed by atoms with Crippen LogP contribution in [0.25, 0.3) is 0 Å². The topological polar surface area (TPSA) is 78.6 Å². The van der Waals surface area contributed by atoms with Crippen LogP contribution in [-0.2, 0) is 6.42 Å². The largest absolute Gasteiger partial charge is 0.364 e. The van der Waals surface area contributed by atoms with E-state index in [9.17, 15) is 9.18 Å². The third-order valence-corrected chi connectivity index (χ3v) is 8.00. The Bertz CT molecular complexity index is 1000. The molecule has 2 aromatic rings. The molecule has 0 bridgehead atoms. The van der Waals surface area contributed by atoms with E-state index in [1.807, 2.05) is 12.1 Å². The Balaban J connectivity index is 1.26. The lowest BCUT2D eigenvalue weighted by atomic mass is 9.81. The molecule has 2 saturated heterocycles. The van der Waals surface area contributed by atoms with Crippen LogP contribution in [-0.4, -0.2) is 72.2 Å². The number of aryl methyl sites for hydroxylation is 1. The van der Waals surface area contributed by atoms with Crippen LogP contribution >= 0.6 is 0 Å². The highest BCUT2D eigenvalue weighted by Gasteiger charge is 2.44. The molecule has 2 fully saturated rings. The number of nitrogens with two attached hydrogens (primary N) is 1. The first-order valence-corrected chi connectivity index (χ1v) is 12.0. The molecule has 2 aliphatic heterocycles. The molecule has 3 aliphatic rings. The van der Waals surface area contributed by atoms with Gasteiger partial charge < -0.3 is 15.5 Å². The summed E-state index contributed by atoms with van der Waals surface area (Å²) in [5.41, 5.74) is 7.58. The summed E-state index contributed by atoms with van der Waals surface area (Å²) < 4.78 is 14.7. The van der Waals surface area contributed by atoms with E-state index in [4.69, 9.17) is 5.73 Å². The summed E-state index contributed by atoms with van der Waals surface area (Å²) in [7, 11) is 4.35. The Labute approximate surface area is 194 Å². The molecule has 5 rings (SSSR count). The standard InChI is InChI=1S/C25H33FN6O/c1-30(2)22-15-32(21-8-6-17-4-3-5-19(26)24(17)21)14-18(22)16-10-12-31(13-11-16)23-9-7-20(25(27)33)28-29-23/h3-5,7,9,16,18,21-22H,6,8,10-15H2,1-2H3,(H2,27,33)/t18-,21?,22+/m1/s1. The maximum Gasteiger partial charge on any atom is 0.269 e. The number of hydrogen-bond donors (Lipinski definition) is 1. The first-order valence-electron chi connectivity index (χ1n) is 12.0. The van der Waals surface area contributed by atoms with Gasteiger partial charge in [-0.2, -0.15) is 0 Å². The minimum absolute atomic E-state index is 0.0448. The van der Waals surface area contributed by atoms with Gasteiger partial charge in [0.15, 0.2) is 11.5 Å². The van der Waals surface area contributed by atoms with Crippen LogP contribution in [0.4, 0.5) is 10.2 Å². The molecule has 33 heavy (non-hydrogen) atoms. The lowest BCUT2D eigenvalue weighted by molar-refractivity contribution is 0.0994. The number of piperidine rings is 1. The van der Waals surface area contributed by atoms with Gasteiger partial charge in [-0.15, -0.1) is 10.2 Å². The fraction of sp³-hybridized carbons (Fsp3) is 0.560. The van der Waals surface area contributed by atoms with E-state index in [0.717, 1.165) is 63.2 Å². The molecule has 2 N–H and O–H groups in total. The lowest BCUT2D eigenvalue weighted by Gasteiger charge is -2.38. The van der Waals surface area contributed by atoms with E-state index in [-0.39, 0.29) is 17.6 Å². The molecule has 1 unspecified atom stereocenters. The predicted octanol–water partition coefficient (Wildman–Crippen LogP) is 2.48. The number of benzene rings is 1. The van der Waals surface area contributed by atoms with Crippen LogP contribution in [0.3, 0.4) is 0 Å². The first kappa shape index (κ1) is 22.2. The average molecular weight is 453 g/mol. The fourth-order valence-electron chi connectivity index (χ4n) is 6.26. The molecule has 3 atom stereocenters. The van der Waals surface area contributed by atoms with E-state index >= 15 is 0 Å². The summed E-state index contributed by atoms with van der Waals surface area (Å²) in [4.78, 5) is 18.4. The minimum atomic E-state index is -0.557. The van der Waals surface area contributed by atoms with Gasteiger partial charge in [0.05, 0.1) is 0 Å². The van der Waals surface area contributed by atoms with Gasteiger partial charge in [-0.3, -0.25) is 9.69 Å². The van der Waals surface area contributed by atoms with E-state index in [1.54, 1.807) is 12.1 Å². The Hall–Kier alpha value is -2.58. The molecule has 0 spiro atoms. The highest BCUT2D eigenvalue weighted by Crippen LogP contribution is 2.43. The average Bonchev–Trinajstić information content (AvgIpc) is 3.45. The summed E-state index contributed by atoms with van der Waals surface area (Å²) in [6.07, 6.45) is 4.18. The van der Waals surface area contributed by atoms with Crippen molar-refractivity contribution in [2.24, 2.45) is 17.6 Å². The maximum atomic E-state index is 14.7. The predicted molar refractivity (Wildman–Crippen MR) is 125 cm³/mol. The van der Waals surface area contributed by atoms with Crippen LogP contribution in [0.2, 0.25) is 0 Å². The van der Waals surface area contributed by atoms with Crippen molar-refractivity contribution in [1.29, 1.82) is 0 Å². The molecule has 1 aromatic heterocycles. The van der Waals surface area contributed by atoms with Crippen LogP contribution in [0.15, 0.2) is 30.3 Å². The summed E-state index contributed by atoms with van der Waals surface area (Å²) >= 11 is 0. The third-order valence-electron chi connectivity index (χ3n) is 8.00. The quantitative estimate of drug-likeness (QED) is 0.751. The van der Waals surface area contributed by atoms with Gasteiger partial charge in [-0.05, 0) is 75.4 Å². The molecule has 0 saturated carbocycles. The number of halogens is 1. The number of carbonyl (C=O) groups excluding carboxylic acids is 1. The van der Waals surface area contributed by atoms with Crippen molar-refractivity contribution in [2.45, 2.75) is 37.8 Å². The smallest absolute Gasteiger partial charge is 0.269 e. The van der Waals surface area contributed by atoms with Crippen molar-refractivity contribution >= 4 is 11.7 Å². The zero-order chi connectivity index (χ0) is 23.1. The Morgan fingerprint density at radius 1 is 1.09 bits per heavy atom. The Morgan fingerprint density at radius 3 is 2.55 bits per heavy atom. The van der Waals surface area contributed by atoms with Gasteiger partial charge in [-0.25, -0.2) is 4.39 Å². The molecular formula is C25H33FN6O. The molecular weight excluding hydrogens is 419 g/mol. The van der Waals surface area contributed by atoms with Crippen LogP contribution in [0.5, 0.6) is 0 Å². The second kappa shape index (κ2) is 8.99. The summed E-state index contributed by atoms with van der Waals surface area (Å²) in [5.74, 6) is 1.39. The minimum Gasteiger partial charge on any atom is -0.364 e. The number of fused-ring (bicyclic) bond motifs is 1. The zero-order valence-electron chi connectivity index (χ0n) is 19.5. The molecule has 7 nitrogen and oxygen atoms in total. The van der Waals surface area contributed by atoms with Crippen molar-refractivity contribution in [1.82, 2.24) is 20.0 Å². The van der Waals surface area contributed by atoms with Crippen molar-refractivity contribution < 1.29 is 9.18 Å². The number of amides is 1. The molecule has 1 amide bonds. The third kappa shape index (κ3) is 4.22. The summed E-state index contributed by atoms with van der Waals surface area (Å²) in [5, 5.41) is 8.16. The highest BCUT2D eigenvalue weighted by atomic mass is 19.1. The van der Waals surface area contributed by atoms with Crippen molar-refractivity contribution in [2.75, 3.05) is 45.2 Å². The molecule has 3 heterocycles. The number of nitrogens with zero attached hydrogens (tertiary/aromatic N) is 5. The number of likely N-dealkylation sites (tertiary alicyclic amines) is 1. The number of likely N-dealkylation sites (N-methyl/N-ethyl adjacent to an activating group) is 1. The number of carbonyl (C=O) groups is 1. The van der Waals surface area contributed by atoms with E-state index < -0.39 is 5.91 Å². The van der Waals surface area contributed by atoms with E-state index in [2.05, 4.69) is 45.1 Å². The fourth-order valence-corrected chi connectivity index (χ4v) is 6.26. The van der Waals surface area contributed by atoms with Gasteiger partial charge in [0.2, 0.25) is 0 Å². The van der Waals surface area contributed by atoms with E-state index in [0.29, 0.717) is 17.9 Å². The Kier molecular flexibility index (Phi) is 6.05. The summed E-state index contributed by atoms with van der Waals surface area (Å²) in [6, 6.07) is 9.70. The second-order valence-corrected chi connectivity index (χ2v) is 9.98. The van der Waals surface area contributed by atoms with Gasteiger partial charge in [0, 0.05) is 43.8 Å². The molecule has 1 aromatic carbocycles. The van der Waals surface area contributed by atoms with Crippen LogP contribution in [0.1, 0.15) is 46.9 Å². The monoisotopic (exact) mass is 452 g/mol. The van der Waals surface area contributed by atoms with Crippen LogP contribution in [0, 0.1) is 17.7 Å². The van der Waals surface area contributed by atoms with Gasteiger partial charge in [0.1, 0.15) is 5.82 Å². The zero-order valence-corrected chi connectivity index (χ0v) is 19.5. The highest BCUT2D eigenvalue weighted by molar-refractivity contribution is 5.90. The van der Waals surface area contributed by atoms with Crippen LogP contribution < -0.4 is 10.6 Å².